The second kappa shape index (κ2) is 12.7. The van der Waals surface area contributed by atoms with Crippen LogP contribution in [0.1, 0.15) is 13.8 Å². The molecule has 1 heterocycles. The first kappa shape index (κ1) is 25.9. The summed E-state index contributed by atoms with van der Waals surface area (Å²) >= 11 is 0. The van der Waals surface area contributed by atoms with Gasteiger partial charge in [-0.15, -0.1) is 0 Å². The second-order valence-electron chi connectivity index (χ2n) is 8.29. The number of hydrogen-bond donors (Lipinski definition) is 2. The number of benzene rings is 3. The molecule has 1 aromatic heterocycles. The van der Waals surface area contributed by atoms with Crippen LogP contribution in [0.2, 0.25) is 0 Å². The predicted octanol–water partition coefficient (Wildman–Crippen LogP) is 6.50. The van der Waals surface area contributed by atoms with Gasteiger partial charge in [0.25, 0.3) is 0 Å². The Bertz CT molecular complexity index is 1300. The zero-order chi connectivity index (χ0) is 26.0. The van der Waals surface area contributed by atoms with Crippen molar-refractivity contribution in [3.05, 3.63) is 84.8 Å². The summed E-state index contributed by atoms with van der Waals surface area (Å²) in [5, 5.41) is 6.51. The average Bonchev–Trinajstić information content (AvgIpc) is 2.93. The molecule has 3 aromatic carbocycles. The number of nitrogens with zero attached hydrogens (tertiary/aromatic N) is 3. The molecule has 0 aliphatic carbocycles. The van der Waals surface area contributed by atoms with Crippen LogP contribution in [0.5, 0.6) is 11.5 Å². The van der Waals surface area contributed by atoms with E-state index < -0.39 is 0 Å². The first-order valence-electron chi connectivity index (χ1n) is 12.4. The van der Waals surface area contributed by atoms with E-state index in [1.54, 1.807) is 31.5 Å². The summed E-state index contributed by atoms with van der Waals surface area (Å²) in [6, 6.07) is 21.7. The van der Waals surface area contributed by atoms with Crippen LogP contribution >= 0.6 is 0 Å². The number of para-hydroxylation sites is 2. The third kappa shape index (κ3) is 6.74. The lowest BCUT2D eigenvalue weighted by Gasteiger charge is -2.18. The highest BCUT2D eigenvalue weighted by Crippen LogP contribution is 2.34. The van der Waals surface area contributed by atoms with E-state index in [1.807, 2.05) is 48.5 Å². The molecule has 0 radical (unpaired) electrons. The van der Waals surface area contributed by atoms with Crippen molar-refractivity contribution < 1.29 is 13.9 Å². The maximum absolute atomic E-state index is 14.7. The molecule has 2 N–H and O–H groups in total. The molecule has 0 saturated carbocycles. The molecular weight excluding hydrogens is 469 g/mol. The van der Waals surface area contributed by atoms with Gasteiger partial charge in [0, 0.05) is 29.6 Å². The van der Waals surface area contributed by atoms with Crippen molar-refractivity contribution in [2.24, 2.45) is 0 Å². The molecule has 7 nitrogen and oxygen atoms in total. The van der Waals surface area contributed by atoms with Crippen LogP contribution < -0.4 is 20.1 Å². The van der Waals surface area contributed by atoms with Crippen molar-refractivity contribution >= 4 is 23.1 Å². The number of likely N-dealkylation sites (N-methyl/N-ethyl adjacent to an activating group) is 1. The fourth-order valence-electron chi connectivity index (χ4n) is 3.89. The Balaban J connectivity index is 1.55. The molecule has 37 heavy (non-hydrogen) atoms. The van der Waals surface area contributed by atoms with Gasteiger partial charge < -0.3 is 25.0 Å². The summed E-state index contributed by atoms with van der Waals surface area (Å²) in [6.45, 7) is 7.82. The van der Waals surface area contributed by atoms with Gasteiger partial charge in [-0.05, 0) is 55.6 Å². The molecule has 0 atom stereocenters. The molecule has 0 bridgehead atoms. The van der Waals surface area contributed by atoms with Gasteiger partial charge in [0.1, 0.15) is 29.7 Å². The van der Waals surface area contributed by atoms with Crippen molar-refractivity contribution in [1.82, 2.24) is 14.9 Å². The van der Waals surface area contributed by atoms with Gasteiger partial charge in [-0.2, -0.15) is 4.98 Å². The Kier molecular flexibility index (Phi) is 8.89. The number of methoxy groups -OCH3 is 1. The van der Waals surface area contributed by atoms with Crippen LogP contribution in [0.15, 0.2) is 79.0 Å². The fraction of sp³-hybridized carbons (Fsp3) is 0.241. The summed E-state index contributed by atoms with van der Waals surface area (Å²) in [5.41, 5.74) is 2.44. The Morgan fingerprint density at radius 3 is 2.32 bits per heavy atom. The SMILES string of the molecule is CCN(CC)CCOc1ccc(Nc2ncc(-c3ccccc3F)c(Nc3ccccc3OC)n2)cc1. The molecule has 0 saturated heterocycles. The Morgan fingerprint density at radius 1 is 0.865 bits per heavy atom. The molecule has 0 spiro atoms. The van der Waals surface area contributed by atoms with E-state index in [0.29, 0.717) is 40.9 Å². The van der Waals surface area contributed by atoms with E-state index in [9.17, 15) is 4.39 Å². The number of ether oxygens (including phenoxy) is 2. The fourth-order valence-corrected chi connectivity index (χ4v) is 3.89. The minimum Gasteiger partial charge on any atom is -0.495 e. The van der Waals surface area contributed by atoms with Crippen LogP contribution in [-0.4, -0.2) is 48.2 Å². The predicted molar refractivity (Wildman–Crippen MR) is 147 cm³/mol. The maximum atomic E-state index is 14.7. The average molecular weight is 502 g/mol. The van der Waals surface area contributed by atoms with E-state index in [4.69, 9.17) is 9.47 Å². The number of aromatic nitrogens is 2. The number of nitrogens with one attached hydrogen (secondary N) is 2. The molecule has 0 unspecified atom stereocenters. The summed E-state index contributed by atoms with van der Waals surface area (Å²) in [4.78, 5) is 11.4. The lowest BCUT2D eigenvalue weighted by molar-refractivity contribution is 0.223. The van der Waals surface area contributed by atoms with Crippen molar-refractivity contribution in [2.75, 3.05) is 44.0 Å². The van der Waals surface area contributed by atoms with Crippen molar-refractivity contribution in [2.45, 2.75) is 13.8 Å². The minimum atomic E-state index is -0.355. The topological polar surface area (TPSA) is 71.5 Å². The molecule has 0 amide bonds. The minimum absolute atomic E-state index is 0.355. The first-order chi connectivity index (χ1) is 18.1. The van der Waals surface area contributed by atoms with E-state index >= 15 is 0 Å². The Hall–Kier alpha value is -4.17. The molecular formula is C29H32FN5O2. The zero-order valence-corrected chi connectivity index (χ0v) is 21.4. The quantitative estimate of drug-likeness (QED) is 0.230. The van der Waals surface area contributed by atoms with Gasteiger partial charge in [0.05, 0.1) is 12.8 Å². The van der Waals surface area contributed by atoms with Crippen LogP contribution in [-0.2, 0) is 0 Å². The van der Waals surface area contributed by atoms with Gasteiger partial charge in [0.15, 0.2) is 0 Å². The van der Waals surface area contributed by atoms with E-state index in [-0.39, 0.29) is 5.82 Å². The van der Waals surface area contributed by atoms with Crippen molar-refractivity contribution in [1.29, 1.82) is 0 Å². The summed E-state index contributed by atoms with van der Waals surface area (Å²) < 4.78 is 26.0. The van der Waals surface area contributed by atoms with Crippen LogP contribution in [0.3, 0.4) is 0 Å². The molecule has 4 aromatic rings. The van der Waals surface area contributed by atoms with Gasteiger partial charge in [-0.1, -0.05) is 44.2 Å². The standard InChI is InChI=1S/C29H32FN5O2/c1-4-35(5-2)18-19-37-22-16-14-21(15-17-22)32-29-31-20-24(23-10-6-7-11-25(23)30)28(34-29)33-26-12-8-9-13-27(26)36-3/h6-17,20H,4-5,18-19H2,1-3H3,(H2,31,32,33,34). The van der Waals surface area contributed by atoms with Gasteiger partial charge in [-0.25, -0.2) is 9.37 Å². The van der Waals surface area contributed by atoms with Crippen LogP contribution in [0.4, 0.5) is 27.5 Å². The van der Waals surface area contributed by atoms with E-state index in [2.05, 4.69) is 39.3 Å². The first-order valence-corrected chi connectivity index (χ1v) is 12.4. The van der Waals surface area contributed by atoms with Crippen molar-refractivity contribution in [3.8, 4) is 22.6 Å². The number of hydrogen-bond acceptors (Lipinski definition) is 7. The molecule has 0 aliphatic heterocycles. The molecule has 4 rings (SSSR count). The summed E-state index contributed by atoms with van der Waals surface area (Å²) in [7, 11) is 1.60. The number of anilines is 4. The smallest absolute Gasteiger partial charge is 0.229 e. The molecule has 0 fully saturated rings. The van der Waals surface area contributed by atoms with Crippen LogP contribution in [0.25, 0.3) is 11.1 Å². The third-order valence-electron chi connectivity index (χ3n) is 5.99. The molecule has 8 heteroatoms. The normalized spacial score (nSPS) is 10.8. The lowest BCUT2D eigenvalue weighted by atomic mass is 10.1. The van der Waals surface area contributed by atoms with E-state index in [1.165, 1.54) is 6.07 Å². The Labute approximate surface area is 217 Å². The molecule has 0 aliphatic rings. The highest BCUT2D eigenvalue weighted by molar-refractivity contribution is 5.80. The largest absolute Gasteiger partial charge is 0.495 e. The second-order valence-corrected chi connectivity index (χ2v) is 8.29. The van der Waals surface area contributed by atoms with Crippen molar-refractivity contribution in [3.63, 3.8) is 0 Å². The third-order valence-corrected chi connectivity index (χ3v) is 5.99. The van der Waals surface area contributed by atoms with Crippen LogP contribution in [0, 0.1) is 5.82 Å². The molecule has 192 valence electrons. The maximum Gasteiger partial charge on any atom is 0.229 e. The summed E-state index contributed by atoms with van der Waals surface area (Å²) in [6.07, 6.45) is 1.61. The van der Waals surface area contributed by atoms with Gasteiger partial charge in [-0.3, -0.25) is 0 Å². The lowest BCUT2D eigenvalue weighted by Crippen LogP contribution is -2.27. The number of rotatable bonds is 12. The highest BCUT2D eigenvalue weighted by Gasteiger charge is 2.15. The van der Waals surface area contributed by atoms with E-state index in [0.717, 1.165) is 31.1 Å². The monoisotopic (exact) mass is 501 g/mol. The van der Waals surface area contributed by atoms with Gasteiger partial charge >= 0.3 is 0 Å². The zero-order valence-electron chi connectivity index (χ0n) is 21.4. The summed E-state index contributed by atoms with van der Waals surface area (Å²) in [5.74, 6) is 1.90. The highest BCUT2D eigenvalue weighted by atomic mass is 19.1. The van der Waals surface area contributed by atoms with Gasteiger partial charge in [0.2, 0.25) is 5.95 Å². The number of halogens is 1. The Morgan fingerprint density at radius 2 is 1.59 bits per heavy atom.